The first-order valence-electron chi connectivity index (χ1n) is 25.3. The highest BCUT2D eigenvalue weighted by atomic mass is 31.2. The number of phosphoric acid groups is 2. The second kappa shape index (κ2) is 26.4. The van der Waals surface area contributed by atoms with Gasteiger partial charge in [0.15, 0.2) is 0 Å². The molecule has 78 heavy (non-hydrogen) atoms. The topological polar surface area (TPSA) is 158 Å². The number of fused-ring (bicyclic) bond motifs is 9. The predicted molar refractivity (Wildman–Crippen MR) is 307 cm³/mol. The lowest BCUT2D eigenvalue weighted by molar-refractivity contribution is -0.226. The van der Waals surface area contributed by atoms with Crippen LogP contribution in [0.15, 0.2) is 146 Å². The quantitative estimate of drug-likeness (QED) is 0.0465. The lowest BCUT2D eigenvalue weighted by Gasteiger charge is -2.21. The van der Waals surface area contributed by atoms with Crippen molar-refractivity contribution in [2.45, 2.75) is 38.5 Å². The molecule has 9 aromatic rings. The Morgan fingerprint density at radius 2 is 0.500 bits per heavy atom. The SMILES string of the molecule is O=P([O-])(OCCC#Cc1ccc2c(ccc3cc(C#CCCO)ccc32)c1)OCCC#Cc1ccc2c(ccc3cc(C#CCCOP(=O)([O-])OCCC#Cc4ccc5c(ccc6cc(C#CCCO)ccc65)c4)ccc32)c1. The molecule has 0 aliphatic heterocycles. The minimum absolute atomic E-state index is 0.0385. The lowest BCUT2D eigenvalue weighted by Crippen LogP contribution is -2.09. The Kier molecular flexibility index (Phi) is 18.6. The first-order chi connectivity index (χ1) is 38.0. The Labute approximate surface area is 453 Å². The molecule has 12 heteroatoms. The Morgan fingerprint density at radius 1 is 0.308 bits per heavy atom. The first-order valence-corrected chi connectivity index (χ1v) is 28.2. The number of rotatable bonds is 14. The fraction of sp³-hybridized carbons (Fsp3) is 0.182. The molecule has 0 fully saturated rings. The van der Waals surface area contributed by atoms with Crippen LogP contribution in [0, 0.1) is 71.0 Å². The summed E-state index contributed by atoms with van der Waals surface area (Å²) in [5, 5.41) is 30.6. The zero-order valence-corrected chi connectivity index (χ0v) is 44.2. The van der Waals surface area contributed by atoms with Crippen LogP contribution in [0.5, 0.6) is 0 Å². The minimum atomic E-state index is -4.54. The fourth-order valence-electron chi connectivity index (χ4n) is 8.69. The average molecular weight is 1070 g/mol. The summed E-state index contributed by atoms with van der Waals surface area (Å²) in [5.41, 5.74) is 4.95. The van der Waals surface area contributed by atoms with Crippen molar-refractivity contribution in [1.29, 1.82) is 0 Å². The van der Waals surface area contributed by atoms with E-state index < -0.39 is 15.6 Å². The molecule has 9 aromatic carbocycles. The van der Waals surface area contributed by atoms with Gasteiger partial charge in [0, 0.05) is 71.9 Å². The molecular weight excluding hydrogens is 1010 g/mol. The monoisotopic (exact) mass is 1060 g/mol. The molecule has 0 heterocycles. The van der Waals surface area contributed by atoms with Gasteiger partial charge in [-0.25, -0.2) is 0 Å². The summed E-state index contributed by atoms with van der Waals surface area (Å²) in [4.78, 5) is 24.8. The molecular formula is C66H50O10P2-2. The van der Waals surface area contributed by atoms with Crippen LogP contribution in [0.2, 0.25) is 0 Å². The molecule has 0 aromatic heterocycles. The second-order valence-electron chi connectivity index (χ2n) is 17.8. The Bertz CT molecular complexity index is 3970. The molecule has 2 unspecified atom stereocenters. The smallest absolute Gasteiger partial charge is 0.267 e. The predicted octanol–water partition coefficient (Wildman–Crippen LogP) is 11.4. The van der Waals surface area contributed by atoms with E-state index in [1.807, 2.05) is 146 Å². The maximum atomic E-state index is 12.4. The van der Waals surface area contributed by atoms with Crippen molar-refractivity contribution in [3.05, 3.63) is 179 Å². The van der Waals surface area contributed by atoms with Crippen molar-refractivity contribution in [2.75, 3.05) is 39.6 Å². The number of benzene rings is 9. The van der Waals surface area contributed by atoms with Crippen LogP contribution in [0.4, 0.5) is 0 Å². The van der Waals surface area contributed by atoms with Crippen molar-refractivity contribution in [3.8, 4) is 71.0 Å². The van der Waals surface area contributed by atoms with Gasteiger partial charge in [0.1, 0.15) is 0 Å². The van der Waals surface area contributed by atoms with Crippen LogP contribution in [0.25, 0.3) is 64.6 Å². The van der Waals surface area contributed by atoms with Crippen LogP contribution < -0.4 is 9.79 Å². The minimum Gasteiger partial charge on any atom is -0.756 e. The van der Waals surface area contributed by atoms with E-state index in [4.69, 9.17) is 28.3 Å². The molecule has 0 radical (unpaired) electrons. The van der Waals surface area contributed by atoms with Crippen molar-refractivity contribution >= 4 is 80.3 Å². The number of aliphatic hydroxyl groups is 2. The summed E-state index contributed by atoms with van der Waals surface area (Å²) in [6.07, 6.45) is 1.63. The Morgan fingerprint density at radius 3 is 0.692 bits per heavy atom. The molecule has 0 aliphatic rings. The maximum Gasteiger partial charge on any atom is 0.267 e. The highest BCUT2D eigenvalue weighted by Gasteiger charge is 2.10. The van der Waals surface area contributed by atoms with Gasteiger partial charge >= 0.3 is 0 Å². The van der Waals surface area contributed by atoms with Gasteiger partial charge in [-0.2, -0.15) is 0 Å². The van der Waals surface area contributed by atoms with Gasteiger partial charge in [-0.1, -0.05) is 144 Å². The summed E-state index contributed by atoms with van der Waals surface area (Å²) < 4.78 is 44.9. The molecule has 2 N–H and O–H groups in total. The third-order valence-electron chi connectivity index (χ3n) is 12.3. The zero-order chi connectivity index (χ0) is 54.2. The number of phosphoric ester groups is 2. The normalized spacial score (nSPS) is 12.4. The molecule has 0 aliphatic carbocycles. The molecule has 0 saturated heterocycles. The molecule has 0 amide bonds. The van der Waals surface area contributed by atoms with E-state index in [2.05, 4.69) is 71.0 Å². The number of hydrogen-bond donors (Lipinski definition) is 2. The summed E-state index contributed by atoms with van der Waals surface area (Å²) in [6, 6.07) is 48.0. The van der Waals surface area contributed by atoms with Crippen LogP contribution in [0.1, 0.15) is 71.9 Å². The lowest BCUT2D eigenvalue weighted by atomic mass is 9.99. The van der Waals surface area contributed by atoms with Gasteiger partial charge in [0.2, 0.25) is 0 Å². The largest absolute Gasteiger partial charge is 0.756 e. The van der Waals surface area contributed by atoms with E-state index >= 15 is 0 Å². The van der Waals surface area contributed by atoms with Crippen LogP contribution in [0.3, 0.4) is 0 Å². The van der Waals surface area contributed by atoms with Crippen molar-refractivity contribution in [3.63, 3.8) is 0 Å². The van der Waals surface area contributed by atoms with Gasteiger partial charge in [-0.15, -0.1) is 0 Å². The van der Waals surface area contributed by atoms with Gasteiger partial charge in [-0.3, -0.25) is 9.13 Å². The third kappa shape index (κ3) is 14.9. The molecule has 0 spiro atoms. The molecule has 10 nitrogen and oxygen atoms in total. The molecule has 0 bridgehead atoms. The van der Waals surface area contributed by atoms with Crippen LogP contribution >= 0.6 is 15.6 Å². The Balaban J connectivity index is 0.679. The summed E-state index contributed by atoms with van der Waals surface area (Å²) in [6.45, 7) is -0.488. The summed E-state index contributed by atoms with van der Waals surface area (Å²) >= 11 is 0. The maximum absolute atomic E-state index is 12.4. The van der Waals surface area contributed by atoms with E-state index in [1.54, 1.807) is 0 Å². The van der Waals surface area contributed by atoms with Crippen LogP contribution in [-0.4, -0.2) is 49.9 Å². The second-order valence-corrected chi connectivity index (χ2v) is 20.6. The van der Waals surface area contributed by atoms with E-state index in [9.17, 15) is 18.9 Å². The van der Waals surface area contributed by atoms with Gasteiger partial charge < -0.3 is 38.1 Å². The molecule has 0 saturated carbocycles. The van der Waals surface area contributed by atoms with Crippen molar-refractivity contribution in [2.24, 2.45) is 0 Å². The first kappa shape index (κ1) is 54.8. The average Bonchev–Trinajstić information content (AvgIpc) is 3.46. The van der Waals surface area contributed by atoms with Gasteiger partial charge in [-0.05, 0) is 137 Å². The van der Waals surface area contributed by atoms with Crippen LogP contribution in [-0.2, 0) is 27.2 Å². The molecule has 2 atom stereocenters. The third-order valence-corrected chi connectivity index (χ3v) is 14.3. The van der Waals surface area contributed by atoms with E-state index in [1.165, 1.54) is 0 Å². The van der Waals surface area contributed by atoms with E-state index in [-0.39, 0.29) is 65.3 Å². The fourth-order valence-corrected chi connectivity index (χ4v) is 10.1. The Hall–Kier alpha value is -7.96. The van der Waals surface area contributed by atoms with Gasteiger partial charge in [0.05, 0.1) is 39.6 Å². The molecule has 9 rings (SSSR count). The van der Waals surface area contributed by atoms with Crippen molar-refractivity contribution in [1.82, 2.24) is 0 Å². The highest BCUT2D eigenvalue weighted by Crippen LogP contribution is 2.39. The number of hydrogen-bond acceptors (Lipinski definition) is 10. The molecule has 386 valence electrons. The van der Waals surface area contributed by atoms with E-state index in [0.717, 1.165) is 98.0 Å². The van der Waals surface area contributed by atoms with Crippen molar-refractivity contribution < 1.29 is 47.2 Å². The number of aliphatic hydroxyl groups excluding tert-OH is 2. The van der Waals surface area contributed by atoms with Gasteiger partial charge in [0.25, 0.3) is 15.6 Å². The zero-order valence-electron chi connectivity index (χ0n) is 42.4. The summed E-state index contributed by atoms with van der Waals surface area (Å²) in [7, 11) is -9.07. The highest BCUT2D eigenvalue weighted by molar-refractivity contribution is 7.46. The summed E-state index contributed by atoms with van der Waals surface area (Å²) in [5.74, 6) is 36.3. The van der Waals surface area contributed by atoms with E-state index in [0.29, 0.717) is 12.8 Å². The standard InChI is InChI=1S/C66H52O10P2/c67-37-7-1-13-49-19-31-61-55(43-49)25-27-57-45-51(21-33-63(57)61)15-3-9-39-73-77(69,70)75-41-11-5-17-53-23-35-65-59(47-53)29-30-60-48-54(24-36-66(60)65)18-6-12-42-76-78(71,72)74-40-10-4-16-52-22-34-64-58(46-52)28-26-56-44-50(14-2-8-38-68)20-32-62(56)64/h19-36,43-48,67-68H,7-12,37-42H2,(H,69,70)(H,71,72)/p-2.